The number of hydrogen-bond acceptors (Lipinski definition) is 15. The first kappa shape index (κ1) is 72.0. The van der Waals surface area contributed by atoms with Crippen molar-refractivity contribution in [3.05, 3.63) is 197 Å². The molecule has 3 aliphatic rings. The van der Waals surface area contributed by atoms with Gasteiger partial charge in [0.05, 0.1) is 64.3 Å². The summed E-state index contributed by atoms with van der Waals surface area (Å²) >= 11 is 18.9. The fourth-order valence-corrected chi connectivity index (χ4v) is 12.1. The maximum Gasteiger partial charge on any atom is 0.252 e. The zero-order valence-electron chi connectivity index (χ0n) is 54.5. The van der Waals surface area contributed by atoms with Crippen LogP contribution in [0.5, 0.6) is 28.7 Å². The Morgan fingerprint density at radius 2 is 1.00 bits per heavy atom. The Morgan fingerprint density at radius 1 is 0.531 bits per heavy atom. The van der Waals surface area contributed by atoms with Crippen LogP contribution in [-0.4, -0.2) is 151 Å². The molecule has 7 heterocycles. The van der Waals surface area contributed by atoms with E-state index in [0.29, 0.717) is 147 Å². The molecule has 0 saturated carbocycles. The maximum atomic E-state index is 12.3. The molecule has 98 heavy (non-hydrogen) atoms. The van der Waals surface area contributed by atoms with E-state index in [1.54, 1.807) is 121 Å². The highest BCUT2D eigenvalue weighted by Crippen LogP contribution is 2.39. The van der Waals surface area contributed by atoms with Crippen LogP contribution in [0.15, 0.2) is 154 Å². The lowest BCUT2D eigenvalue weighted by Crippen LogP contribution is -2.40. The molecule has 4 aromatic heterocycles. The second kappa shape index (κ2) is 33.6. The van der Waals surface area contributed by atoms with Gasteiger partial charge in [0.15, 0.2) is 11.5 Å². The number of amides is 6. The van der Waals surface area contributed by atoms with E-state index in [4.69, 9.17) is 80.8 Å². The standard InChI is InChI=1S/C26H27ClN4O4.C24H24ClN5O3.C21H25ClN4O4/c1-4-24(32)30-11-5-6-18(14-30)31-15-20(26(28)33)25(29-31)17-8-10-22(23(12-17)34-3)35-19-9-7-16(2)21(27)13-19;1-2-22(31)29-11-5-7-18(13-29)30-14-19(24(26)32)23(28-30)16-8-9-21(20(25)12-16)33-15-17-6-3-4-10-27-17;1-3-19(27)25-8-4-5-15(12-25)26-13-16(21(23)28)20(24-26)14-6-7-17(22)18(11-14)30-10-9-29-2/h4,7-10,12-13,15,18H,1,5-6,11,14H2,2-3H3,(H2,28,33);2-4,6,8-10,12,14,18H,1,5,7,11,13,15H2,(H2,26,32);3,6-7,11,13,15H,1,4-5,8-10,12H2,2H3,(H2,23,28)/t2*18-;15-/m111/s1. The summed E-state index contributed by atoms with van der Waals surface area (Å²) in [6, 6.07) is 26.5. The molecule has 0 unspecified atom stereocenters. The monoisotopic (exact) mass is 1390 g/mol. The Morgan fingerprint density at radius 3 is 1.43 bits per heavy atom. The quantitative estimate of drug-likeness (QED) is 0.0420. The van der Waals surface area contributed by atoms with Crippen molar-refractivity contribution in [3.63, 3.8) is 0 Å². The number of nitrogens with zero attached hydrogens (tertiary/aromatic N) is 10. The summed E-state index contributed by atoms with van der Waals surface area (Å²) in [4.78, 5) is 82.0. The fraction of sp³-hybridized carbons (Fsp3) is 0.296. The van der Waals surface area contributed by atoms with Crippen LogP contribution < -0.4 is 36.1 Å². The van der Waals surface area contributed by atoms with E-state index in [2.05, 4.69) is 34.9 Å². The molecular weight excluding hydrogens is 1320 g/mol. The molecule has 4 aromatic carbocycles. The van der Waals surface area contributed by atoms with Crippen LogP contribution in [0.2, 0.25) is 15.1 Å². The first-order valence-electron chi connectivity index (χ1n) is 31.5. The summed E-state index contributed by atoms with van der Waals surface area (Å²) in [7, 11) is 3.12. The number of rotatable bonds is 22. The lowest BCUT2D eigenvalue weighted by Gasteiger charge is -2.32. The molecule has 3 saturated heterocycles. The van der Waals surface area contributed by atoms with Crippen molar-refractivity contribution in [1.82, 2.24) is 49.0 Å². The molecule has 3 fully saturated rings. The molecule has 8 aromatic rings. The van der Waals surface area contributed by atoms with Gasteiger partial charge >= 0.3 is 0 Å². The number of primary amides is 3. The minimum Gasteiger partial charge on any atom is -0.493 e. The topological polar surface area (TPSA) is 303 Å². The minimum absolute atomic E-state index is 0.0563. The maximum absolute atomic E-state index is 12.3. The second-order valence-electron chi connectivity index (χ2n) is 23.2. The number of aromatic nitrogens is 7. The lowest BCUT2D eigenvalue weighted by atomic mass is 10.1. The van der Waals surface area contributed by atoms with Gasteiger partial charge in [-0.05, 0) is 142 Å². The molecule has 0 spiro atoms. The van der Waals surface area contributed by atoms with Gasteiger partial charge in [-0.15, -0.1) is 0 Å². The number of benzene rings is 4. The minimum atomic E-state index is -0.588. The van der Waals surface area contributed by atoms with E-state index in [0.717, 1.165) is 49.8 Å². The SMILES string of the molecule is C=CC(=O)N1CCC[C@@H](n2cc(C(N)=O)c(-c3ccc(Cl)c(OCCOC)c3)n2)C1.C=CC(=O)N1CCC[C@@H](n2cc(C(N)=O)c(-c3ccc(OCc4ccccn4)c(Cl)c3)n2)C1.C=CC(=O)N1CCC[C@@H](n2cc(C(N)=O)c(-c3ccc(Oc4ccc(C)c(Cl)c4)c(OC)c3)n2)C1. The largest absolute Gasteiger partial charge is 0.493 e. The Hall–Kier alpha value is -10.3. The molecule has 0 aliphatic carbocycles. The van der Waals surface area contributed by atoms with Gasteiger partial charge < -0.3 is 55.6 Å². The number of pyridine rings is 1. The molecule has 6 N–H and O–H groups in total. The van der Waals surface area contributed by atoms with Gasteiger partial charge in [-0.2, -0.15) is 15.3 Å². The van der Waals surface area contributed by atoms with Crippen LogP contribution in [0.4, 0.5) is 0 Å². The van der Waals surface area contributed by atoms with Crippen LogP contribution in [0.1, 0.15) is 99.0 Å². The van der Waals surface area contributed by atoms with Crippen molar-refractivity contribution < 1.29 is 52.5 Å². The van der Waals surface area contributed by atoms with Crippen LogP contribution >= 0.6 is 34.8 Å². The van der Waals surface area contributed by atoms with Gasteiger partial charge in [0.1, 0.15) is 47.5 Å². The number of halogens is 3. The van der Waals surface area contributed by atoms with Crippen molar-refractivity contribution in [2.45, 2.75) is 70.2 Å². The van der Waals surface area contributed by atoms with Crippen LogP contribution in [0, 0.1) is 6.92 Å². The number of carbonyl (C=O) groups excluding carboxylic acids is 6. The van der Waals surface area contributed by atoms with Crippen molar-refractivity contribution in [2.24, 2.45) is 17.2 Å². The third kappa shape index (κ3) is 17.8. The zero-order chi connectivity index (χ0) is 70.2. The molecule has 24 nitrogen and oxygen atoms in total. The van der Waals surface area contributed by atoms with E-state index >= 15 is 0 Å². The molecular formula is C71H76Cl3N13O11. The predicted octanol–water partition coefficient (Wildman–Crippen LogP) is 11.1. The lowest BCUT2D eigenvalue weighted by molar-refractivity contribution is -0.128. The summed E-state index contributed by atoms with van der Waals surface area (Å²) in [5, 5.41) is 15.4. The summed E-state index contributed by atoms with van der Waals surface area (Å²) < 4.78 is 33.1. The molecule has 512 valence electrons. The first-order valence-corrected chi connectivity index (χ1v) is 32.6. The third-order valence-electron chi connectivity index (χ3n) is 16.6. The molecule has 27 heteroatoms. The number of likely N-dealkylation sites (tertiary alicyclic amines) is 3. The molecule has 0 bridgehead atoms. The summed E-state index contributed by atoms with van der Waals surface area (Å²) in [5.74, 6) is 0.389. The van der Waals surface area contributed by atoms with Crippen LogP contribution in [-0.2, 0) is 25.7 Å². The number of piperidine rings is 3. The Balaban J connectivity index is 0.000000173. The van der Waals surface area contributed by atoms with E-state index in [1.807, 2.05) is 37.3 Å². The van der Waals surface area contributed by atoms with Crippen molar-refractivity contribution in [1.29, 1.82) is 0 Å². The highest BCUT2D eigenvalue weighted by molar-refractivity contribution is 6.32. The predicted molar refractivity (Wildman–Crippen MR) is 372 cm³/mol. The average molecular weight is 1390 g/mol. The molecule has 0 radical (unpaired) electrons. The van der Waals surface area contributed by atoms with Gasteiger partial charge in [-0.1, -0.05) is 72.7 Å². The summed E-state index contributed by atoms with van der Waals surface area (Å²) in [6.45, 7) is 17.1. The molecule has 11 rings (SSSR count). The normalized spacial score (nSPS) is 15.9. The van der Waals surface area contributed by atoms with E-state index in [9.17, 15) is 28.8 Å². The molecule has 3 atom stereocenters. The van der Waals surface area contributed by atoms with Crippen molar-refractivity contribution >= 4 is 70.2 Å². The summed E-state index contributed by atoms with van der Waals surface area (Å²) in [6.07, 6.45) is 15.6. The Kier molecular flexibility index (Phi) is 24.7. The smallest absolute Gasteiger partial charge is 0.252 e. The number of nitrogens with two attached hydrogens (primary N) is 3. The van der Waals surface area contributed by atoms with Crippen molar-refractivity contribution in [2.75, 3.05) is 66.7 Å². The molecule has 3 aliphatic heterocycles. The van der Waals surface area contributed by atoms with Gasteiger partial charge in [0.2, 0.25) is 17.7 Å². The van der Waals surface area contributed by atoms with E-state index in [-0.39, 0.29) is 42.5 Å². The number of hydrogen-bond donors (Lipinski definition) is 3. The van der Waals surface area contributed by atoms with Gasteiger partial charge in [-0.3, -0.25) is 47.8 Å². The van der Waals surface area contributed by atoms with Gasteiger partial charge in [0, 0.05) is 92.9 Å². The first-order chi connectivity index (χ1) is 47.2. The Labute approximate surface area is 582 Å². The number of ether oxygens (including phenoxy) is 5. The second-order valence-corrected chi connectivity index (χ2v) is 24.4. The zero-order valence-corrected chi connectivity index (χ0v) is 56.8. The van der Waals surface area contributed by atoms with Crippen LogP contribution in [0.25, 0.3) is 33.8 Å². The highest BCUT2D eigenvalue weighted by atomic mass is 35.5. The summed E-state index contributed by atoms with van der Waals surface area (Å²) in [5.41, 5.74) is 22.8. The van der Waals surface area contributed by atoms with Crippen molar-refractivity contribution in [3.8, 4) is 62.5 Å². The van der Waals surface area contributed by atoms with Gasteiger partial charge in [0.25, 0.3) is 17.7 Å². The fourth-order valence-electron chi connectivity index (χ4n) is 11.5. The van der Waals surface area contributed by atoms with Gasteiger partial charge in [-0.25, -0.2) is 0 Å². The van der Waals surface area contributed by atoms with E-state index < -0.39 is 17.7 Å². The van der Waals surface area contributed by atoms with E-state index in [1.165, 1.54) is 25.3 Å². The average Bonchev–Trinajstić information content (AvgIpc) is 1.64. The number of aryl methyl sites for hydroxylation is 1. The highest BCUT2D eigenvalue weighted by Gasteiger charge is 2.31. The van der Waals surface area contributed by atoms with Crippen LogP contribution in [0.3, 0.4) is 0 Å². The third-order valence-corrected chi connectivity index (χ3v) is 17.6. The molecule has 6 amide bonds. The Bertz CT molecular complexity index is 4250. The number of methoxy groups -OCH3 is 2. The number of carbonyl (C=O) groups is 6.